The van der Waals surface area contributed by atoms with Crippen LogP contribution in [0.4, 0.5) is 4.39 Å². The van der Waals surface area contributed by atoms with Crippen LogP contribution in [0.25, 0.3) is 0 Å². The number of hydrogen-bond acceptors (Lipinski definition) is 3. The van der Waals surface area contributed by atoms with Crippen molar-refractivity contribution in [3.63, 3.8) is 0 Å². The Morgan fingerprint density at radius 3 is 2.67 bits per heavy atom. The summed E-state index contributed by atoms with van der Waals surface area (Å²) in [5.41, 5.74) is 0.339. The summed E-state index contributed by atoms with van der Waals surface area (Å²) in [6.07, 6.45) is 0. The molecule has 1 rings (SSSR count). The Morgan fingerprint density at radius 2 is 2.13 bits per heavy atom. The smallest absolute Gasteiger partial charge is 0.165 e. The predicted octanol–water partition coefficient (Wildman–Crippen LogP) is 2.05. The number of ketones is 1. The largest absolute Gasteiger partial charge is 0.488 e. The van der Waals surface area contributed by atoms with Gasteiger partial charge in [0.1, 0.15) is 6.61 Å². The molecule has 1 aromatic carbocycles. The molecule has 0 aliphatic carbocycles. The molecule has 1 aromatic rings. The van der Waals surface area contributed by atoms with Gasteiger partial charge in [-0.1, -0.05) is 0 Å². The van der Waals surface area contributed by atoms with Gasteiger partial charge < -0.3 is 9.47 Å². The van der Waals surface area contributed by atoms with E-state index < -0.39 is 5.82 Å². The second-order valence-corrected chi connectivity index (χ2v) is 3.04. The Morgan fingerprint density at radius 1 is 1.40 bits per heavy atom. The van der Waals surface area contributed by atoms with Crippen molar-refractivity contribution in [2.75, 3.05) is 20.3 Å². The third-order valence-electron chi connectivity index (χ3n) is 1.88. The van der Waals surface area contributed by atoms with Crippen molar-refractivity contribution in [2.24, 2.45) is 0 Å². The average molecular weight is 212 g/mol. The fourth-order valence-corrected chi connectivity index (χ4v) is 1.07. The lowest BCUT2D eigenvalue weighted by molar-refractivity contribution is 0.101. The molecule has 0 heterocycles. The molecule has 0 aliphatic rings. The van der Waals surface area contributed by atoms with Crippen molar-refractivity contribution in [2.45, 2.75) is 6.92 Å². The van der Waals surface area contributed by atoms with Crippen LogP contribution in [-0.2, 0) is 4.74 Å². The van der Waals surface area contributed by atoms with Crippen molar-refractivity contribution >= 4 is 5.78 Å². The van der Waals surface area contributed by atoms with Gasteiger partial charge in [-0.05, 0) is 25.1 Å². The van der Waals surface area contributed by atoms with Crippen molar-refractivity contribution in [1.82, 2.24) is 0 Å². The average Bonchev–Trinajstić information content (AvgIpc) is 2.20. The molecule has 0 unspecified atom stereocenters. The third kappa shape index (κ3) is 3.32. The van der Waals surface area contributed by atoms with Crippen LogP contribution in [0.5, 0.6) is 5.75 Å². The first kappa shape index (κ1) is 11.7. The number of benzene rings is 1. The van der Waals surface area contributed by atoms with E-state index in [1.807, 2.05) is 0 Å². The van der Waals surface area contributed by atoms with Gasteiger partial charge in [0.2, 0.25) is 0 Å². The predicted molar refractivity (Wildman–Crippen MR) is 53.8 cm³/mol. The number of methoxy groups -OCH3 is 1. The van der Waals surface area contributed by atoms with Crippen LogP contribution in [0.1, 0.15) is 17.3 Å². The van der Waals surface area contributed by atoms with Gasteiger partial charge in [0.25, 0.3) is 0 Å². The van der Waals surface area contributed by atoms with Gasteiger partial charge in [-0.25, -0.2) is 4.39 Å². The van der Waals surface area contributed by atoms with Gasteiger partial charge in [-0.15, -0.1) is 0 Å². The van der Waals surface area contributed by atoms with Gasteiger partial charge in [0.05, 0.1) is 6.61 Å². The fraction of sp³-hybridized carbons (Fsp3) is 0.364. The molecule has 0 N–H and O–H groups in total. The van der Waals surface area contributed by atoms with E-state index in [0.29, 0.717) is 12.2 Å². The maximum Gasteiger partial charge on any atom is 0.165 e. The van der Waals surface area contributed by atoms with Crippen LogP contribution in [-0.4, -0.2) is 26.1 Å². The zero-order valence-corrected chi connectivity index (χ0v) is 8.75. The number of halogens is 1. The summed E-state index contributed by atoms with van der Waals surface area (Å²) in [5, 5.41) is 0. The summed E-state index contributed by atoms with van der Waals surface area (Å²) in [6.45, 7) is 2.07. The zero-order valence-electron chi connectivity index (χ0n) is 8.75. The fourth-order valence-electron chi connectivity index (χ4n) is 1.07. The molecule has 0 fully saturated rings. The van der Waals surface area contributed by atoms with Crippen molar-refractivity contribution < 1.29 is 18.7 Å². The van der Waals surface area contributed by atoms with Crippen LogP contribution in [0.3, 0.4) is 0 Å². The summed E-state index contributed by atoms with van der Waals surface area (Å²) in [4.78, 5) is 10.9. The van der Waals surface area contributed by atoms with Crippen molar-refractivity contribution in [1.29, 1.82) is 0 Å². The monoisotopic (exact) mass is 212 g/mol. The molecule has 0 aliphatic heterocycles. The highest BCUT2D eigenvalue weighted by molar-refractivity contribution is 5.94. The van der Waals surface area contributed by atoms with Crippen LogP contribution in [0.2, 0.25) is 0 Å². The van der Waals surface area contributed by atoms with Crippen LogP contribution >= 0.6 is 0 Å². The molecule has 0 atom stereocenters. The molecule has 0 saturated heterocycles. The summed E-state index contributed by atoms with van der Waals surface area (Å²) < 4.78 is 23.2. The minimum atomic E-state index is -0.529. The van der Waals surface area contributed by atoms with Gasteiger partial charge in [-0.2, -0.15) is 0 Å². The summed E-state index contributed by atoms with van der Waals surface area (Å²) in [5.74, 6) is -0.562. The molecule has 0 aromatic heterocycles. The van der Waals surface area contributed by atoms with E-state index in [2.05, 4.69) is 0 Å². The lowest BCUT2D eigenvalue weighted by Gasteiger charge is -2.07. The van der Waals surface area contributed by atoms with E-state index in [1.54, 1.807) is 7.11 Å². The van der Waals surface area contributed by atoms with Gasteiger partial charge in [-0.3, -0.25) is 4.79 Å². The molecule has 3 nitrogen and oxygen atoms in total. The molecule has 15 heavy (non-hydrogen) atoms. The third-order valence-corrected chi connectivity index (χ3v) is 1.88. The highest BCUT2D eigenvalue weighted by Crippen LogP contribution is 2.18. The highest BCUT2D eigenvalue weighted by atomic mass is 19.1. The maximum absolute atomic E-state index is 13.3. The van der Waals surface area contributed by atoms with E-state index in [9.17, 15) is 9.18 Å². The van der Waals surface area contributed by atoms with Crippen molar-refractivity contribution in [3.8, 4) is 5.75 Å². The molecule has 82 valence electrons. The van der Waals surface area contributed by atoms with Gasteiger partial charge in [0.15, 0.2) is 17.3 Å². The summed E-state index contributed by atoms with van der Waals surface area (Å²) in [7, 11) is 1.54. The molecule has 0 amide bonds. The number of carbonyl (C=O) groups is 1. The summed E-state index contributed by atoms with van der Waals surface area (Å²) >= 11 is 0. The van der Waals surface area contributed by atoms with E-state index in [4.69, 9.17) is 9.47 Å². The standard InChI is InChI=1S/C11H13FO3/c1-8(13)9-3-4-11(10(12)7-9)15-6-5-14-2/h3-4,7H,5-6H2,1-2H3. The molecule has 0 saturated carbocycles. The summed E-state index contributed by atoms with van der Waals surface area (Å²) in [6, 6.07) is 4.15. The Bertz CT molecular complexity index is 350. The molecular formula is C11H13FO3. The lowest BCUT2D eigenvalue weighted by Crippen LogP contribution is -2.06. The molecule has 0 bridgehead atoms. The number of Topliss-reactive ketones (excluding diaryl/α,β-unsaturated/α-hetero) is 1. The number of ether oxygens (including phenoxy) is 2. The van der Waals surface area contributed by atoms with Crippen LogP contribution < -0.4 is 4.74 Å². The quantitative estimate of drug-likeness (QED) is 0.553. The normalized spacial score (nSPS) is 10.1. The maximum atomic E-state index is 13.3. The second-order valence-electron chi connectivity index (χ2n) is 3.04. The van der Waals surface area contributed by atoms with E-state index in [-0.39, 0.29) is 18.1 Å². The van der Waals surface area contributed by atoms with Crippen LogP contribution in [0, 0.1) is 5.82 Å². The molecular weight excluding hydrogens is 199 g/mol. The first-order valence-corrected chi connectivity index (χ1v) is 4.57. The zero-order chi connectivity index (χ0) is 11.3. The lowest BCUT2D eigenvalue weighted by atomic mass is 10.1. The van der Waals surface area contributed by atoms with Gasteiger partial charge in [0, 0.05) is 12.7 Å². The topological polar surface area (TPSA) is 35.5 Å². The molecule has 0 spiro atoms. The number of carbonyl (C=O) groups excluding carboxylic acids is 1. The van der Waals surface area contributed by atoms with E-state index in [0.717, 1.165) is 0 Å². The minimum Gasteiger partial charge on any atom is -0.488 e. The van der Waals surface area contributed by atoms with Crippen LogP contribution in [0.15, 0.2) is 18.2 Å². The highest BCUT2D eigenvalue weighted by Gasteiger charge is 2.06. The van der Waals surface area contributed by atoms with E-state index in [1.165, 1.54) is 25.1 Å². The second kappa shape index (κ2) is 5.46. The minimum absolute atomic E-state index is 0.136. The van der Waals surface area contributed by atoms with E-state index >= 15 is 0 Å². The SMILES string of the molecule is COCCOc1ccc(C(C)=O)cc1F. The first-order chi connectivity index (χ1) is 7.15. The number of hydrogen-bond donors (Lipinski definition) is 0. The van der Waals surface area contributed by atoms with Gasteiger partial charge >= 0.3 is 0 Å². The Kier molecular flexibility index (Phi) is 4.24. The molecule has 0 radical (unpaired) electrons. The van der Waals surface area contributed by atoms with Crippen molar-refractivity contribution in [3.05, 3.63) is 29.6 Å². The Hall–Kier alpha value is -1.42. The Balaban J connectivity index is 2.70. The molecule has 4 heteroatoms. The first-order valence-electron chi connectivity index (χ1n) is 4.57. The number of rotatable bonds is 5. The Labute approximate surface area is 87.8 Å².